The lowest BCUT2D eigenvalue weighted by molar-refractivity contribution is 0.223. The van der Waals surface area contributed by atoms with E-state index >= 15 is 0 Å². The molecule has 2 N–H and O–H groups in total. The SMILES string of the molecule is CC(C)CC(CO)NCc1ccc2c(c1)OCCCO2. The average Bonchev–Trinajstić information content (AvgIpc) is 2.67. The van der Waals surface area contributed by atoms with Crippen LogP contribution in [0.5, 0.6) is 11.5 Å². The van der Waals surface area contributed by atoms with Crippen LogP contribution in [0, 0.1) is 5.92 Å². The first kappa shape index (κ1) is 15.1. The minimum absolute atomic E-state index is 0.144. The largest absolute Gasteiger partial charge is 0.490 e. The molecule has 4 nitrogen and oxygen atoms in total. The Bertz CT molecular complexity index is 420. The van der Waals surface area contributed by atoms with Gasteiger partial charge in [0, 0.05) is 19.0 Å². The molecular weight excluding hydrogens is 254 g/mol. The van der Waals surface area contributed by atoms with Crippen LogP contribution in [-0.4, -0.2) is 31.0 Å². The average molecular weight is 279 g/mol. The van der Waals surface area contributed by atoms with Crippen LogP contribution in [0.2, 0.25) is 0 Å². The van der Waals surface area contributed by atoms with Gasteiger partial charge in [0.25, 0.3) is 0 Å². The fourth-order valence-electron chi connectivity index (χ4n) is 2.37. The molecule has 0 fully saturated rings. The van der Waals surface area contributed by atoms with Crippen LogP contribution in [0.1, 0.15) is 32.3 Å². The summed E-state index contributed by atoms with van der Waals surface area (Å²) in [6.07, 6.45) is 1.89. The molecule has 20 heavy (non-hydrogen) atoms. The summed E-state index contributed by atoms with van der Waals surface area (Å²) >= 11 is 0. The molecule has 0 bridgehead atoms. The van der Waals surface area contributed by atoms with Gasteiger partial charge in [-0.2, -0.15) is 0 Å². The van der Waals surface area contributed by atoms with Crippen molar-refractivity contribution in [3.63, 3.8) is 0 Å². The molecule has 1 aliphatic heterocycles. The molecular formula is C16H25NO3. The van der Waals surface area contributed by atoms with Gasteiger partial charge in [0.15, 0.2) is 11.5 Å². The Hall–Kier alpha value is -1.26. The van der Waals surface area contributed by atoms with Gasteiger partial charge >= 0.3 is 0 Å². The van der Waals surface area contributed by atoms with Crippen LogP contribution >= 0.6 is 0 Å². The van der Waals surface area contributed by atoms with Crippen molar-refractivity contribution in [3.8, 4) is 11.5 Å². The Kier molecular flexibility index (Phi) is 5.68. The highest BCUT2D eigenvalue weighted by Crippen LogP contribution is 2.30. The van der Waals surface area contributed by atoms with E-state index in [2.05, 4.69) is 19.2 Å². The summed E-state index contributed by atoms with van der Waals surface area (Å²) < 4.78 is 11.3. The van der Waals surface area contributed by atoms with Crippen molar-refractivity contribution in [2.24, 2.45) is 5.92 Å². The number of benzene rings is 1. The second kappa shape index (κ2) is 7.50. The first-order chi connectivity index (χ1) is 9.69. The van der Waals surface area contributed by atoms with Gasteiger partial charge in [0.1, 0.15) is 0 Å². The lowest BCUT2D eigenvalue weighted by Gasteiger charge is -2.18. The van der Waals surface area contributed by atoms with Crippen LogP contribution in [0.4, 0.5) is 0 Å². The minimum Gasteiger partial charge on any atom is -0.490 e. The lowest BCUT2D eigenvalue weighted by atomic mass is 10.0. The summed E-state index contributed by atoms with van der Waals surface area (Å²) in [7, 11) is 0. The summed E-state index contributed by atoms with van der Waals surface area (Å²) in [6.45, 7) is 6.65. The van der Waals surface area contributed by atoms with E-state index in [1.165, 1.54) is 0 Å². The van der Waals surface area contributed by atoms with Crippen LogP contribution in [0.15, 0.2) is 18.2 Å². The predicted molar refractivity (Wildman–Crippen MR) is 79.2 cm³/mol. The maximum atomic E-state index is 9.37. The van der Waals surface area contributed by atoms with E-state index in [0.717, 1.165) is 36.4 Å². The molecule has 1 unspecified atom stereocenters. The molecule has 1 aliphatic rings. The second-order valence-electron chi connectivity index (χ2n) is 5.72. The molecule has 0 radical (unpaired) electrons. The molecule has 1 aromatic rings. The van der Waals surface area contributed by atoms with Crippen molar-refractivity contribution < 1.29 is 14.6 Å². The number of rotatable bonds is 6. The maximum Gasteiger partial charge on any atom is 0.161 e. The molecule has 4 heteroatoms. The Morgan fingerprint density at radius 3 is 2.65 bits per heavy atom. The summed E-state index contributed by atoms with van der Waals surface area (Å²) in [6, 6.07) is 6.18. The van der Waals surface area contributed by atoms with Gasteiger partial charge < -0.3 is 19.9 Å². The standard InChI is InChI=1S/C16H25NO3/c1-12(2)8-14(11-18)17-10-13-4-5-15-16(9-13)20-7-3-6-19-15/h4-5,9,12,14,17-18H,3,6-8,10-11H2,1-2H3. The highest BCUT2D eigenvalue weighted by molar-refractivity contribution is 5.43. The normalized spacial score (nSPS) is 16.0. The van der Waals surface area contributed by atoms with Crippen LogP contribution in [-0.2, 0) is 6.54 Å². The number of aliphatic hydroxyl groups excluding tert-OH is 1. The summed E-state index contributed by atoms with van der Waals surface area (Å²) in [5.41, 5.74) is 1.15. The fourth-order valence-corrected chi connectivity index (χ4v) is 2.37. The number of hydrogen-bond donors (Lipinski definition) is 2. The molecule has 1 heterocycles. The van der Waals surface area contributed by atoms with Crippen molar-refractivity contribution in [1.82, 2.24) is 5.32 Å². The molecule has 1 atom stereocenters. The van der Waals surface area contributed by atoms with E-state index in [-0.39, 0.29) is 12.6 Å². The molecule has 0 saturated heterocycles. The molecule has 0 aromatic heterocycles. The molecule has 1 aromatic carbocycles. The smallest absolute Gasteiger partial charge is 0.161 e. The highest BCUT2D eigenvalue weighted by atomic mass is 16.5. The minimum atomic E-state index is 0.144. The number of nitrogens with one attached hydrogen (secondary N) is 1. The molecule has 112 valence electrons. The summed E-state index contributed by atoms with van der Waals surface area (Å²) in [5.74, 6) is 2.22. The lowest BCUT2D eigenvalue weighted by Crippen LogP contribution is -2.33. The first-order valence-electron chi connectivity index (χ1n) is 7.42. The summed E-state index contributed by atoms with van der Waals surface area (Å²) in [5, 5.41) is 12.8. The maximum absolute atomic E-state index is 9.37. The Labute approximate surface area is 121 Å². The Morgan fingerprint density at radius 1 is 1.20 bits per heavy atom. The van der Waals surface area contributed by atoms with Crippen LogP contribution < -0.4 is 14.8 Å². The first-order valence-corrected chi connectivity index (χ1v) is 7.42. The molecule has 0 aliphatic carbocycles. The van der Waals surface area contributed by atoms with Gasteiger partial charge in [-0.25, -0.2) is 0 Å². The van der Waals surface area contributed by atoms with E-state index in [0.29, 0.717) is 19.1 Å². The highest BCUT2D eigenvalue weighted by Gasteiger charge is 2.12. The molecule has 0 spiro atoms. The van der Waals surface area contributed by atoms with Crippen molar-refractivity contribution >= 4 is 0 Å². The topological polar surface area (TPSA) is 50.7 Å². The monoisotopic (exact) mass is 279 g/mol. The van der Waals surface area contributed by atoms with Gasteiger partial charge in [-0.15, -0.1) is 0 Å². The quantitative estimate of drug-likeness (QED) is 0.839. The van der Waals surface area contributed by atoms with E-state index in [1.807, 2.05) is 18.2 Å². The van der Waals surface area contributed by atoms with Gasteiger partial charge in [-0.1, -0.05) is 19.9 Å². The third kappa shape index (κ3) is 4.39. The number of aliphatic hydroxyl groups is 1. The van der Waals surface area contributed by atoms with Gasteiger partial charge in [-0.05, 0) is 30.0 Å². The fraction of sp³-hybridized carbons (Fsp3) is 0.625. The zero-order valence-electron chi connectivity index (χ0n) is 12.4. The van der Waals surface area contributed by atoms with Gasteiger partial charge in [-0.3, -0.25) is 0 Å². The molecule has 2 rings (SSSR count). The predicted octanol–water partition coefficient (Wildman–Crippen LogP) is 2.34. The number of hydrogen-bond acceptors (Lipinski definition) is 4. The van der Waals surface area contributed by atoms with E-state index in [4.69, 9.17) is 9.47 Å². The van der Waals surface area contributed by atoms with E-state index in [1.54, 1.807) is 0 Å². The molecule has 0 amide bonds. The van der Waals surface area contributed by atoms with Crippen molar-refractivity contribution in [3.05, 3.63) is 23.8 Å². The van der Waals surface area contributed by atoms with Crippen LogP contribution in [0.25, 0.3) is 0 Å². The Balaban J connectivity index is 1.94. The van der Waals surface area contributed by atoms with Crippen LogP contribution in [0.3, 0.4) is 0 Å². The van der Waals surface area contributed by atoms with Gasteiger partial charge in [0.05, 0.1) is 19.8 Å². The molecule has 0 saturated carbocycles. The van der Waals surface area contributed by atoms with Crippen molar-refractivity contribution in [2.45, 2.75) is 39.3 Å². The number of ether oxygens (including phenoxy) is 2. The second-order valence-corrected chi connectivity index (χ2v) is 5.72. The van der Waals surface area contributed by atoms with E-state index in [9.17, 15) is 5.11 Å². The zero-order chi connectivity index (χ0) is 14.4. The van der Waals surface area contributed by atoms with E-state index < -0.39 is 0 Å². The van der Waals surface area contributed by atoms with Gasteiger partial charge in [0.2, 0.25) is 0 Å². The number of fused-ring (bicyclic) bond motifs is 1. The van der Waals surface area contributed by atoms with Crippen molar-refractivity contribution in [1.29, 1.82) is 0 Å². The zero-order valence-corrected chi connectivity index (χ0v) is 12.4. The Morgan fingerprint density at radius 2 is 1.95 bits per heavy atom. The summed E-state index contributed by atoms with van der Waals surface area (Å²) in [4.78, 5) is 0. The van der Waals surface area contributed by atoms with Crippen molar-refractivity contribution in [2.75, 3.05) is 19.8 Å². The third-order valence-corrected chi connectivity index (χ3v) is 3.38. The third-order valence-electron chi connectivity index (χ3n) is 3.38.